The molecule has 1 unspecified atom stereocenters. The fourth-order valence-electron chi connectivity index (χ4n) is 2.57. The Morgan fingerprint density at radius 2 is 2.15 bits per heavy atom. The third kappa shape index (κ3) is 4.16. The van der Waals surface area contributed by atoms with Crippen LogP contribution in [0.25, 0.3) is 0 Å². The van der Waals surface area contributed by atoms with Crippen molar-refractivity contribution >= 4 is 17.2 Å². The van der Waals surface area contributed by atoms with Crippen molar-refractivity contribution in [3.05, 3.63) is 29.8 Å². The number of hydrogen-bond acceptors (Lipinski definition) is 4. The molecule has 0 aromatic heterocycles. The molecular weight excluding hydrogens is 272 g/mol. The van der Waals surface area contributed by atoms with Gasteiger partial charge in [-0.2, -0.15) is 0 Å². The van der Waals surface area contributed by atoms with Crippen molar-refractivity contribution in [2.45, 2.75) is 25.3 Å². The molecule has 4 nitrogen and oxygen atoms in total. The van der Waals surface area contributed by atoms with Crippen molar-refractivity contribution in [1.82, 2.24) is 4.90 Å². The highest BCUT2D eigenvalue weighted by Gasteiger charge is 2.22. The summed E-state index contributed by atoms with van der Waals surface area (Å²) in [6.45, 7) is 3.02. The van der Waals surface area contributed by atoms with Gasteiger partial charge in [-0.05, 0) is 50.1 Å². The van der Waals surface area contributed by atoms with Crippen molar-refractivity contribution in [3.8, 4) is 5.75 Å². The number of rotatable bonds is 7. The van der Waals surface area contributed by atoms with Crippen LogP contribution in [0.4, 0.5) is 0 Å². The van der Waals surface area contributed by atoms with E-state index in [1.165, 1.54) is 6.42 Å². The van der Waals surface area contributed by atoms with E-state index >= 15 is 0 Å². The van der Waals surface area contributed by atoms with Gasteiger partial charge in [0.15, 0.2) is 0 Å². The standard InChI is InChI=1S/C15H22N2O2S/c16-15(20)12-4-6-14(7-5-12)19-10-2-9-17-8-1-3-13(17)11-18/h4-7,13,18H,1-3,8-11H2,(H2,16,20). The van der Waals surface area contributed by atoms with Crippen LogP contribution >= 0.6 is 12.2 Å². The van der Waals surface area contributed by atoms with E-state index in [1.807, 2.05) is 24.3 Å². The molecule has 1 atom stereocenters. The van der Waals surface area contributed by atoms with Gasteiger partial charge in [-0.25, -0.2) is 0 Å². The van der Waals surface area contributed by atoms with Crippen LogP contribution in [0.5, 0.6) is 5.75 Å². The molecule has 0 spiro atoms. The van der Waals surface area contributed by atoms with Crippen molar-refractivity contribution in [2.75, 3.05) is 26.3 Å². The maximum Gasteiger partial charge on any atom is 0.119 e. The molecule has 110 valence electrons. The smallest absolute Gasteiger partial charge is 0.119 e. The molecule has 20 heavy (non-hydrogen) atoms. The average molecular weight is 294 g/mol. The van der Waals surface area contributed by atoms with Crippen LogP contribution in [0, 0.1) is 0 Å². The lowest BCUT2D eigenvalue weighted by Gasteiger charge is -2.22. The highest BCUT2D eigenvalue weighted by molar-refractivity contribution is 7.80. The van der Waals surface area contributed by atoms with Crippen molar-refractivity contribution in [3.63, 3.8) is 0 Å². The van der Waals surface area contributed by atoms with Crippen LogP contribution in [0.3, 0.4) is 0 Å². The molecule has 0 saturated carbocycles. The summed E-state index contributed by atoms with van der Waals surface area (Å²) >= 11 is 4.91. The number of likely N-dealkylation sites (tertiary alicyclic amines) is 1. The lowest BCUT2D eigenvalue weighted by atomic mass is 10.2. The normalized spacial score (nSPS) is 19.1. The van der Waals surface area contributed by atoms with Crippen molar-refractivity contribution in [2.24, 2.45) is 5.73 Å². The van der Waals surface area contributed by atoms with Crippen LogP contribution in [0.1, 0.15) is 24.8 Å². The van der Waals surface area contributed by atoms with Gasteiger partial charge >= 0.3 is 0 Å². The zero-order valence-electron chi connectivity index (χ0n) is 11.6. The number of ether oxygens (including phenoxy) is 1. The SMILES string of the molecule is NC(=S)c1ccc(OCCCN2CCCC2CO)cc1. The number of nitrogens with two attached hydrogens (primary N) is 1. The van der Waals surface area contributed by atoms with E-state index in [-0.39, 0.29) is 6.61 Å². The van der Waals surface area contributed by atoms with Gasteiger partial charge in [0, 0.05) is 18.2 Å². The molecule has 0 amide bonds. The van der Waals surface area contributed by atoms with Crippen LogP contribution in [0.15, 0.2) is 24.3 Å². The fraction of sp³-hybridized carbons (Fsp3) is 0.533. The van der Waals surface area contributed by atoms with Crippen LogP contribution in [-0.2, 0) is 0 Å². The second-order valence-corrected chi connectivity index (χ2v) is 5.55. The topological polar surface area (TPSA) is 58.7 Å². The molecule has 3 N–H and O–H groups in total. The van der Waals surface area contributed by atoms with E-state index in [0.717, 1.165) is 37.2 Å². The number of nitrogens with zero attached hydrogens (tertiary/aromatic N) is 1. The molecule has 0 aliphatic carbocycles. The maximum absolute atomic E-state index is 9.25. The van der Waals surface area contributed by atoms with Crippen molar-refractivity contribution in [1.29, 1.82) is 0 Å². The van der Waals surface area contributed by atoms with E-state index in [2.05, 4.69) is 4.90 Å². The van der Waals surface area contributed by atoms with E-state index < -0.39 is 0 Å². The molecule has 1 aliphatic heterocycles. The Balaban J connectivity index is 1.69. The minimum absolute atomic E-state index is 0.265. The second kappa shape index (κ2) is 7.57. The predicted octanol–water partition coefficient (Wildman–Crippen LogP) is 1.55. The zero-order valence-corrected chi connectivity index (χ0v) is 12.4. The van der Waals surface area contributed by atoms with Gasteiger partial charge in [0.05, 0.1) is 13.2 Å². The monoisotopic (exact) mass is 294 g/mol. The number of benzene rings is 1. The first-order chi connectivity index (χ1) is 9.70. The molecule has 2 rings (SSSR count). The maximum atomic E-state index is 9.25. The number of thiocarbonyl (C=S) groups is 1. The Hall–Kier alpha value is -1.17. The molecular formula is C15H22N2O2S. The first kappa shape index (κ1) is 15.2. The Morgan fingerprint density at radius 3 is 2.80 bits per heavy atom. The van der Waals surface area contributed by atoms with E-state index in [4.69, 9.17) is 22.7 Å². The Kier molecular flexibility index (Phi) is 5.76. The molecule has 1 aromatic rings. The summed E-state index contributed by atoms with van der Waals surface area (Å²) in [6.07, 6.45) is 3.26. The molecule has 0 radical (unpaired) electrons. The summed E-state index contributed by atoms with van der Waals surface area (Å²) in [6, 6.07) is 7.88. The average Bonchev–Trinajstić information content (AvgIpc) is 2.91. The first-order valence-electron chi connectivity index (χ1n) is 7.08. The second-order valence-electron chi connectivity index (χ2n) is 5.11. The van der Waals surface area contributed by atoms with Gasteiger partial charge in [-0.3, -0.25) is 4.90 Å². The summed E-state index contributed by atoms with van der Waals surface area (Å²) in [5.74, 6) is 0.838. The molecule has 1 aromatic carbocycles. The lowest BCUT2D eigenvalue weighted by Crippen LogP contribution is -2.33. The number of aliphatic hydroxyl groups is 1. The molecule has 1 saturated heterocycles. The van der Waals surface area contributed by atoms with Crippen LogP contribution in [-0.4, -0.2) is 47.3 Å². The fourth-order valence-corrected chi connectivity index (χ4v) is 2.71. The zero-order chi connectivity index (χ0) is 14.4. The number of hydrogen-bond donors (Lipinski definition) is 2. The summed E-state index contributed by atoms with van der Waals surface area (Å²) < 4.78 is 5.70. The molecule has 1 heterocycles. The quantitative estimate of drug-likeness (QED) is 0.590. The van der Waals surface area contributed by atoms with Crippen LogP contribution in [0.2, 0.25) is 0 Å². The van der Waals surface area contributed by atoms with Gasteiger partial charge in [0.1, 0.15) is 10.7 Å². The molecule has 5 heteroatoms. The van der Waals surface area contributed by atoms with Crippen molar-refractivity contribution < 1.29 is 9.84 Å². The molecule has 1 fully saturated rings. The summed E-state index contributed by atoms with van der Waals surface area (Å²) in [5, 5.41) is 9.25. The van der Waals surface area contributed by atoms with Gasteiger partial charge in [-0.1, -0.05) is 12.2 Å². The van der Waals surface area contributed by atoms with E-state index in [1.54, 1.807) is 0 Å². The van der Waals surface area contributed by atoms with Gasteiger partial charge in [-0.15, -0.1) is 0 Å². The minimum Gasteiger partial charge on any atom is -0.494 e. The summed E-state index contributed by atoms with van der Waals surface area (Å²) in [5.41, 5.74) is 6.40. The van der Waals surface area contributed by atoms with Gasteiger partial charge in [0.25, 0.3) is 0 Å². The largest absolute Gasteiger partial charge is 0.494 e. The van der Waals surface area contributed by atoms with Gasteiger partial charge < -0.3 is 15.6 Å². The highest BCUT2D eigenvalue weighted by atomic mass is 32.1. The Labute approximate surface area is 125 Å². The first-order valence-corrected chi connectivity index (χ1v) is 7.49. The highest BCUT2D eigenvalue weighted by Crippen LogP contribution is 2.17. The van der Waals surface area contributed by atoms with Gasteiger partial charge in [0.2, 0.25) is 0 Å². The third-order valence-electron chi connectivity index (χ3n) is 3.71. The predicted molar refractivity (Wildman–Crippen MR) is 84.1 cm³/mol. The number of aliphatic hydroxyl groups excluding tert-OH is 1. The minimum atomic E-state index is 0.265. The summed E-state index contributed by atoms with van der Waals surface area (Å²) in [7, 11) is 0. The summed E-state index contributed by atoms with van der Waals surface area (Å²) in [4.78, 5) is 2.75. The molecule has 1 aliphatic rings. The Bertz CT molecular complexity index is 436. The Morgan fingerprint density at radius 1 is 1.40 bits per heavy atom. The third-order valence-corrected chi connectivity index (χ3v) is 3.94. The lowest BCUT2D eigenvalue weighted by molar-refractivity contribution is 0.150. The van der Waals surface area contributed by atoms with E-state index in [9.17, 15) is 5.11 Å². The van der Waals surface area contributed by atoms with Crippen LogP contribution < -0.4 is 10.5 Å². The molecule has 0 bridgehead atoms. The van der Waals surface area contributed by atoms with E-state index in [0.29, 0.717) is 17.6 Å².